The Morgan fingerprint density at radius 2 is 1.59 bits per heavy atom. The van der Waals surface area contributed by atoms with Crippen molar-refractivity contribution < 1.29 is 13.2 Å². The number of pyridine rings is 2. The summed E-state index contributed by atoms with van der Waals surface area (Å²) in [5.74, 6) is 0. The van der Waals surface area contributed by atoms with Crippen molar-refractivity contribution in [3.05, 3.63) is 107 Å². The first-order valence-corrected chi connectivity index (χ1v) is 10.0. The lowest BCUT2D eigenvalue weighted by Crippen LogP contribution is -2.18. The van der Waals surface area contributed by atoms with E-state index in [-0.39, 0.29) is 5.69 Å². The highest BCUT2D eigenvalue weighted by Gasteiger charge is 2.30. The molecule has 2 aromatic heterocycles. The van der Waals surface area contributed by atoms with Crippen LogP contribution >= 0.6 is 0 Å². The van der Waals surface area contributed by atoms with Crippen molar-refractivity contribution in [1.82, 2.24) is 9.55 Å². The van der Waals surface area contributed by atoms with Crippen molar-refractivity contribution in [2.75, 3.05) is 0 Å². The van der Waals surface area contributed by atoms with Gasteiger partial charge in [-0.3, -0.25) is 14.3 Å². The zero-order chi connectivity index (χ0) is 22.5. The van der Waals surface area contributed by atoms with E-state index < -0.39 is 17.3 Å². The highest BCUT2D eigenvalue weighted by molar-refractivity contribution is 6.05. The number of rotatable bonds is 2. The van der Waals surface area contributed by atoms with Crippen molar-refractivity contribution in [3.63, 3.8) is 0 Å². The van der Waals surface area contributed by atoms with E-state index in [4.69, 9.17) is 0 Å². The second-order valence-electron chi connectivity index (χ2n) is 7.72. The van der Waals surface area contributed by atoms with Gasteiger partial charge in [-0.1, -0.05) is 42.0 Å². The van der Waals surface area contributed by atoms with E-state index in [1.165, 1.54) is 22.8 Å². The minimum atomic E-state index is -4.51. The number of halogens is 3. The van der Waals surface area contributed by atoms with E-state index in [9.17, 15) is 18.0 Å². The van der Waals surface area contributed by atoms with Crippen molar-refractivity contribution in [3.8, 4) is 16.8 Å². The van der Waals surface area contributed by atoms with Crippen molar-refractivity contribution in [2.45, 2.75) is 13.1 Å². The molecule has 0 unspecified atom stereocenters. The molecule has 0 fully saturated rings. The molecule has 5 rings (SSSR count). The minimum absolute atomic E-state index is 0.156. The Kier molecular flexibility index (Phi) is 4.59. The molecule has 0 bridgehead atoms. The molecule has 3 nitrogen and oxygen atoms in total. The third-order valence-corrected chi connectivity index (χ3v) is 5.53. The first kappa shape index (κ1) is 20.0. The lowest BCUT2D eigenvalue weighted by Gasteiger charge is -2.15. The monoisotopic (exact) mass is 430 g/mol. The molecule has 158 valence electrons. The smallest absolute Gasteiger partial charge is 0.276 e. The Hall–Kier alpha value is -3.93. The van der Waals surface area contributed by atoms with E-state index in [2.05, 4.69) is 4.98 Å². The predicted molar refractivity (Wildman–Crippen MR) is 120 cm³/mol. The molecule has 6 heteroatoms. The van der Waals surface area contributed by atoms with Crippen LogP contribution in [0.5, 0.6) is 0 Å². The fraction of sp³-hybridized carbons (Fsp3) is 0.0769. The van der Waals surface area contributed by atoms with Gasteiger partial charge in [-0.15, -0.1) is 0 Å². The SMILES string of the molecule is Cc1ccc(-c2ccc3ncc4ccc(=O)n(-c5cccc(C(F)(F)F)c5)c4c3c2)cc1. The molecule has 0 aliphatic rings. The Balaban J connectivity index is 1.84. The van der Waals surface area contributed by atoms with Crippen LogP contribution in [0.4, 0.5) is 13.2 Å². The van der Waals surface area contributed by atoms with Gasteiger partial charge in [0.25, 0.3) is 5.56 Å². The normalized spacial score (nSPS) is 11.9. The average Bonchev–Trinajstić information content (AvgIpc) is 2.78. The maximum Gasteiger partial charge on any atom is 0.416 e. The summed E-state index contributed by atoms with van der Waals surface area (Å²) in [7, 11) is 0. The maximum absolute atomic E-state index is 13.3. The third-order valence-electron chi connectivity index (χ3n) is 5.53. The molecular weight excluding hydrogens is 413 g/mol. The molecule has 0 atom stereocenters. The molecular formula is C26H17F3N2O. The molecule has 2 heterocycles. The number of benzene rings is 3. The van der Waals surface area contributed by atoms with Crippen molar-refractivity contribution in [1.29, 1.82) is 0 Å². The summed E-state index contributed by atoms with van der Waals surface area (Å²) >= 11 is 0. The second-order valence-corrected chi connectivity index (χ2v) is 7.72. The second kappa shape index (κ2) is 7.34. The number of nitrogens with zero attached hydrogens (tertiary/aromatic N) is 2. The number of hydrogen-bond donors (Lipinski definition) is 0. The number of aromatic nitrogens is 2. The Labute approximate surface area is 181 Å². The van der Waals surface area contributed by atoms with Crippen LogP contribution in [-0.2, 0) is 6.18 Å². The zero-order valence-electron chi connectivity index (χ0n) is 17.0. The number of aryl methyl sites for hydroxylation is 1. The first-order valence-electron chi connectivity index (χ1n) is 10.0. The maximum atomic E-state index is 13.3. The summed E-state index contributed by atoms with van der Waals surface area (Å²) < 4.78 is 41.3. The topological polar surface area (TPSA) is 34.9 Å². The summed E-state index contributed by atoms with van der Waals surface area (Å²) in [6.45, 7) is 2.01. The summed E-state index contributed by atoms with van der Waals surface area (Å²) in [5.41, 5.74) is 3.18. The third kappa shape index (κ3) is 3.43. The fourth-order valence-corrected chi connectivity index (χ4v) is 3.91. The van der Waals surface area contributed by atoms with E-state index in [0.29, 0.717) is 21.8 Å². The highest BCUT2D eigenvalue weighted by atomic mass is 19.4. The standard InChI is InChI=1S/C26H17F3N2O/c1-16-5-7-17(8-6-16)18-9-11-23-22(13-18)25-19(15-30-23)10-12-24(32)31(25)21-4-2-3-20(14-21)26(27,28)29/h2-15H,1H3. The van der Waals surface area contributed by atoms with Crippen molar-refractivity contribution in [2.24, 2.45) is 0 Å². The van der Waals surface area contributed by atoms with E-state index in [0.717, 1.165) is 28.8 Å². The van der Waals surface area contributed by atoms with Gasteiger partial charge in [-0.2, -0.15) is 13.2 Å². The highest BCUT2D eigenvalue weighted by Crippen LogP contribution is 2.32. The average molecular weight is 430 g/mol. The van der Waals surface area contributed by atoms with Crippen LogP contribution < -0.4 is 5.56 Å². The Morgan fingerprint density at radius 1 is 0.844 bits per heavy atom. The summed E-state index contributed by atoms with van der Waals surface area (Å²) in [5, 5.41) is 1.35. The van der Waals surface area contributed by atoms with E-state index in [1.807, 2.05) is 49.4 Å². The number of alkyl halides is 3. The van der Waals surface area contributed by atoms with Gasteiger partial charge in [0.2, 0.25) is 0 Å². The summed E-state index contributed by atoms with van der Waals surface area (Å²) in [4.78, 5) is 17.4. The van der Waals surface area contributed by atoms with Gasteiger partial charge in [0, 0.05) is 28.7 Å². The largest absolute Gasteiger partial charge is 0.416 e. The minimum Gasteiger partial charge on any atom is -0.276 e. The zero-order valence-corrected chi connectivity index (χ0v) is 17.0. The van der Waals surface area contributed by atoms with Gasteiger partial charge in [0.05, 0.1) is 16.6 Å². The molecule has 5 aromatic rings. The van der Waals surface area contributed by atoms with E-state index >= 15 is 0 Å². The number of fused-ring (bicyclic) bond motifs is 3. The van der Waals surface area contributed by atoms with Crippen LogP contribution in [0, 0.1) is 6.92 Å². The Morgan fingerprint density at radius 3 is 2.34 bits per heavy atom. The van der Waals surface area contributed by atoms with Crippen LogP contribution in [0.15, 0.2) is 89.9 Å². The quantitative estimate of drug-likeness (QED) is 0.298. The van der Waals surface area contributed by atoms with Crippen LogP contribution in [0.1, 0.15) is 11.1 Å². The van der Waals surface area contributed by atoms with Crippen LogP contribution in [0.2, 0.25) is 0 Å². The molecule has 0 N–H and O–H groups in total. The molecule has 0 radical (unpaired) electrons. The molecule has 32 heavy (non-hydrogen) atoms. The summed E-state index contributed by atoms with van der Waals surface area (Å²) in [6.07, 6.45) is -2.88. The fourth-order valence-electron chi connectivity index (χ4n) is 3.91. The molecule has 0 saturated carbocycles. The lowest BCUT2D eigenvalue weighted by atomic mass is 10.0. The molecule has 0 aliphatic carbocycles. The molecule has 0 aliphatic heterocycles. The molecule has 0 saturated heterocycles. The first-order chi connectivity index (χ1) is 15.3. The van der Waals surface area contributed by atoms with Crippen molar-refractivity contribution >= 4 is 21.8 Å². The van der Waals surface area contributed by atoms with Crippen LogP contribution in [0.3, 0.4) is 0 Å². The van der Waals surface area contributed by atoms with Gasteiger partial charge in [0.1, 0.15) is 0 Å². The predicted octanol–water partition coefficient (Wildman–Crippen LogP) is 6.53. The lowest BCUT2D eigenvalue weighted by molar-refractivity contribution is -0.137. The summed E-state index contributed by atoms with van der Waals surface area (Å²) in [6, 6.07) is 21.6. The molecule has 0 spiro atoms. The molecule has 0 amide bonds. The van der Waals surface area contributed by atoms with Gasteiger partial charge < -0.3 is 0 Å². The number of hydrogen-bond acceptors (Lipinski definition) is 2. The molecule has 3 aromatic carbocycles. The van der Waals surface area contributed by atoms with Gasteiger partial charge in [-0.05, 0) is 54.4 Å². The van der Waals surface area contributed by atoms with Crippen LogP contribution in [0.25, 0.3) is 38.6 Å². The Bertz CT molecular complexity index is 1530. The van der Waals surface area contributed by atoms with Crippen LogP contribution in [-0.4, -0.2) is 9.55 Å². The van der Waals surface area contributed by atoms with Gasteiger partial charge in [-0.25, -0.2) is 0 Å². The van der Waals surface area contributed by atoms with Gasteiger partial charge in [0.15, 0.2) is 0 Å². The van der Waals surface area contributed by atoms with E-state index in [1.54, 1.807) is 12.3 Å². The van der Waals surface area contributed by atoms with Gasteiger partial charge >= 0.3 is 6.18 Å².